The molecule has 0 aromatic carbocycles. The van der Waals surface area contributed by atoms with Crippen LogP contribution in [0.2, 0.25) is 0 Å². The van der Waals surface area contributed by atoms with E-state index in [1.165, 1.54) is 19.3 Å². The molecular weight excluding hydrogens is 176 g/mol. The fourth-order valence-corrected chi connectivity index (χ4v) is 2.27. The van der Waals surface area contributed by atoms with Crippen LogP contribution in [0.15, 0.2) is 12.7 Å². The van der Waals surface area contributed by atoms with Gasteiger partial charge in [0.15, 0.2) is 0 Å². The van der Waals surface area contributed by atoms with Crippen LogP contribution in [0.5, 0.6) is 0 Å². The Hall–Kier alpha value is -0.340. The van der Waals surface area contributed by atoms with Gasteiger partial charge in [-0.3, -0.25) is 0 Å². The van der Waals surface area contributed by atoms with Gasteiger partial charge < -0.3 is 10.2 Å². The molecule has 0 aromatic rings. The smallest absolute Gasteiger partial charge is 0.0678 e. The van der Waals surface area contributed by atoms with Crippen molar-refractivity contribution in [2.45, 2.75) is 45.1 Å². The SMILES string of the molecule is C=C[C@](C)(CO)[C@H](O)C1CCCCC1. The average Bonchev–Trinajstić information content (AvgIpc) is 2.28. The lowest BCUT2D eigenvalue weighted by Crippen LogP contribution is -2.40. The molecule has 0 aromatic heterocycles. The standard InChI is InChI=1S/C12H22O2/c1-3-12(2,9-13)11(14)10-7-5-4-6-8-10/h3,10-11,13-14H,1,4-9H2,2H3/t11-,12-/m1/s1. The van der Waals surface area contributed by atoms with Crippen molar-refractivity contribution in [2.75, 3.05) is 6.61 Å². The highest BCUT2D eigenvalue weighted by Crippen LogP contribution is 2.35. The molecule has 14 heavy (non-hydrogen) atoms. The zero-order valence-electron chi connectivity index (χ0n) is 9.08. The highest BCUT2D eigenvalue weighted by Gasteiger charge is 2.35. The lowest BCUT2D eigenvalue weighted by Gasteiger charge is -2.37. The van der Waals surface area contributed by atoms with E-state index >= 15 is 0 Å². The molecule has 0 aliphatic heterocycles. The van der Waals surface area contributed by atoms with E-state index in [9.17, 15) is 10.2 Å². The summed E-state index contributed by atoms with van der Waals surface area (Å²) in [5.74, 6) is 0.346. The Labute approximate surface area is 86.6 Å². The highest BCUT2D eigenvalue weighted by atomic mass is 16.3. The molecule has 0 radical (unpaired) electrons. The minimum Gasteiger partial charge on any atom is -0.395 e. The molecule has 1 fully saturated rings. The molecule has 0 heterocycles. The monoisotopic (exact) mass is 198 g/mol. The van der Waals surface area contributed by atoms with E-state index in [4.69, 9.17) is 0 Å². The minimum absolute atomic E-state index is 0.0197. The summed E-state index contributed by atoms with van der Waals surface area (Å²) in [5.41, 5.74) is -0.526. The average molecular weight is 198 g/mol. The lowest BCUT2D eigenvalue weighted by molar-refractivity contribution is -0.0228. The lowest BCUT2D eigenvalue weighted by atomic mass is 9.73. The Morgan fingerprint density at radius 2 is 2.00 bits per heavy atom. The first-order chi connectivity index (χ1) is 6.64. The van der Waals surface area contributed by atoms with Crippen LogP contribution in [-0.2, 0) is 0 Å². The Morgan fingerprint density at radius 1 is 1.43 bits per heavy atom. The van der Waals surface area contributed by atoms with Crippen molar-refractivity contribution in [1.82, 2.24) is 0 Å². The summed E-state index contributed by atoms with van der Waals surface area (Å²) < 4.78 is 0. The predicted molar refractivity (Wildman–Crippen MR) is 58.0 cm³/mol. The van der Waals surface area contributed by atoms with Crippen molar-refractivity contribution in [2.24, 2.45) is 11.3 Å². The van der Waals surface area contributed by atoms with Gasteiger partial charge in [0.1, 0.15) is 0 Å². The molecule has 2 heteroatoms. The van der Waals surface area contributed by atoms with E-state index in [-0.39, 0.29) is 6.61 Å². The fourth-order valence-electron chi connectivity index (χ4n) is 2.27. The quantitative estimate of drug-likeness (QED) is 0.679. The van der Waals surface area contributed by atoms with Gasteiger partial charge in [0.2, 0.25) is 0 Å². The topological polar surface area (TPSA) is 40.5 Å². The molecular formula is C12H22O2. The summed E-state index contributed by atoms with van der Waals surface area (Å²) in [5, 5.41) is 19.4. The summed E-state index contributed by atoms with van der Waals surface area (Å²) in [7, 11) is 0. The van der Waals surface area contributed by atoms with Crippen molar-refractivity contribution in [1.29, 1.82) is 0 Å². The van der Waals surface area contributed by atoms with Crippen molar-refractivity contribution in [3.05, 3.63) is 12.7 Å². The van der Waals surface area contributed by atoms with Gasteiger partial charge in [0, 0.05) is 5.41 Å². The highest BCUT2D eigenvalue weighted by molar-refractivity contribution is 4.99. The first-order valence-electron chi connectivity index (χ1n) is 5.56. The molecule has 0 bridgehead atoms. The Balaban J connectivity index is 2.60. The summed E-state index contributed by atoms with van der Waals surface area (Å²) in [6, 6.07) is 0. The van der Waals surface area contributed by atoms with Gasteiger partial charge in [-0.1, -0.05) is 32.3 Å². The normalized spacial score (nSPS) is 25.4. The number of hydrogen-bond donors (Lipinski definition) is 2. The summed E-state index contributed by atoms with van der Waals surface area (Å²) in [6.07, 6.45) is 7.13. The predicted octanol–water partition coefficient (Wildman–Crippen LogP) is 2.11. The molecule has 1 rings (SSSR count). The second kappa shape index (κ2) is 4.94. The molecule has 1 aliphatic carbocycles. The molecule has 0 amide bonds. The van der Waals surface area contributed by atoms with E-state index in [2.05, 4.69) is 6.58 Å². The van der Waals surface area contributed by atoms with Crippen molar-refractivity contribution in [3.63, 3.8) is 0 Å². The van der Waals surface area contributed by atoms with Crippen molar-refractivity contribution < 1.29 is 10.2 Å². The van der Waals surface area contributed by atoms with Crippen LogP contribution < -0.4 is 0 Å². The van der Waals surface area contributed by atoms with Crippen LogP contribution in [0.25, 0.3) is 0 Å². The molecule has 2 atom stereocenters. The maximum absolute atomic E-state index is 10.2. The van der Waals surface area contributed by atoms with E-state index in [1.54, 1.807) is 6.08 Å². The maximum Gasteiger partial charge on any atom is 0.0678 e. The summed E-state index contributed by atoms with van der Waals surface area (Å²) in [6.45, 7) is 5.55. The second-order valence-electron chi connectivity index (χ2n) is 4.71. The van der Waals surface area contributed by atoms with Crippen molar-refractivity contribution in [3.8, 4) is 0 Å². The third-order valence-corrected chi connectivity index (χ3v) is 3.58. The molecule has 0 saturated heterocycles. The Morgan fingerprint density at radius 3 is 2.43 bits per heavy atom. The zero-order valence-corrected chi connectivity index (χ0v) is 9.08. The third-order valence-electron chi connectivity index (χ3n) is 3.58. The Bertz CT molecular complexity index is 185. The molecule has 82 valence electrons. The van der Waals surface area contributed by atoms with Gasteiger partial charge in [-0.15, -0.1) is 6.58 Å². The van der Waals surface area contributed by atoms with E-state index in [0.29, 0.717) is 5.92 Å². The van der Waals surface area contributed by atoms with E-state index < -0.39 is 11.5 Å². The largest absolute Gasteiger partial charge is 0.395 e. The number of rotatable bonds is 4. The minimum atomic E-state index is -0.526. The maximum atomic E-state index is 10.2. The van der Waals surface area contributed by atoms with E-state index in [1.807, 2.05) is 6.92 Å². The zero-order chi connectivity index (χ0) is 10.6. The molecule has 1 saturated carbocycles. The van der Waals surface area contributed by atoms with Crippen molar-refractivity contribution >= 4 is 0 Å². The number of aliphatic hydroxyl groups is 2. The summed E-state index contributed by atoms with van der Waals surface area (Å²) in [4.78, 5) is 0. The Kier molecular flexibility index (Phi) is 4.14. The molecule has 0 unspecified atom stereocenters. The van der Waals surface area contributed by atoms with Gasteiger partial charge in [0.05, 0.1) is 12.7 Å². The van der Waals surface area contributed by atoms with Gasteiger partial charge in [-0.2, -0.15) is 0 Å². The van der Waals surface area contributed by atoms with Crippen LogP contribution in [0, 0.1) is 11.3 Å². The molecule has 0 spiro atoms. The first-order valence-corrected chi connectivity index (χ1v) is 5.56. The van der Waals surface area contributed by atoms with Gasteiger partial charge in [-0.05, 0) is 18.8 Å². The summed E-state index contributed by atoms with van der Waals surface area (Å²) >= 11 is 0. The number of hydrogen-bond acceptors (Lipinski definition) is 2. The molecule has 2 N–H and O–H groups in total. The first kappa shape index (κ1) is 11.7. The third kappa shape index (κ3) is 2.37. The van der Waals surface area contributed by atoms with Crippen LogP contribution in [0.1, 0.15) is 39.0 Å². The van der Waals surface area contributed by atoms with Crippen LogP contribution in [-0.4, -0.2) is 22.9 Å². The van der Waals surface area contributed by atoms with Gasteiger partial charge in [-0.25, -0.2) is 0 Å². The number of aliphatic hydroxyl groups excluding tert-OH is 2. The van der Waals surface area contributed by atoms with Crippen LogP contribution in [0.4, 0.5) is 0 Å². The van der Waals surface area contributed by atoms with E-state index in [0.717, 1.165) is 12.8 Å². The molecule has 1 aliphatic rings. The van der Waals surface area contributed by atoms with Gasteiger partial charge in [0.25, 0.3) is 0 Å². The van der Waals surface area contributed by atoms with Crippen LogP contribution >= 0.6 is 0 Å². The fraction of sp³-hybridized carbons (Fsp3) is 0.833. The van der Waals surface area contributed by atoms with Crippen LogP contribution in [0.3, 0.4) is 0 Å². The molecule has 2 nitrogen and oxygen atoms in total. The second-order valence-corrected chi connectivity index (χ2v) is 4.71. The van der Waals surface area contributed by atoms with Gasteiger partial charge >= 0.3 is 0 Å².